The summed E-state index contributed by atoms with van der Waals surface area (Å²) in [5.41, 5.74) is -0.675. The predicted octanol–water partition coefficient (Wildman–Crippen LogP) is 0.744. The van der Waals surface area contributed by atoms with E-state index in [-0.39, 0.29) is 17.3 Å². The molecule has 0 spiro atoms. The van der Waals surface area contributed by atoms with Crippen molar-refractivity contribution in [2.24, 2.45) is 0 Å². The van der Waals surface area contributed by atoms with Crippen molar-refractivity contribution in [3.05, 3.63) is 17.6 Å². The summed E-state index contributed by atoms with van der Waals surface area (Å²) in [7, 11) is -3.83. The summed E-state index contributed by atoms with van der Waals surface area (Å²) in [5.74, 6) is -1.65. The number of furan rings is 1. The highest BCUT2D eigenvalue weighted by Gasteiger charge is 2.36. The Balaban J connectivity index is 2.31. The number of carboxylic acid groups (broad SMARTS) is 1. The van der Waals surface area contributed by atoms with E-state index in [0.717, 1.165) is 6.07 Å². The molecule has 7 nitrogen and oxygen atoms in total. The molecule has 1 aromatic rings. The SMILES string of the molecule is Cc1oc(C(=O)O)cc1S(=O)(=O)NC1(C)CCOC1. The number of carbonyl (C=O) groups is 1. The second kappa shape index (κ2) is 4.62. The van der Waals surface area contributed by atoms with Crippen LogP contribution >= 0.6 is 0 Å². The molecule has 0 bridgehead atoms. The molecule has 1 aliphatic heterocycles. The Morgan fingerprint density at radius 2 is 2.21 bits per heavy atom. The number of hydrogen-bond donors (Lipinski definition) is 2. The van der Waals surface area contributed by atoms with Gasteiger partial charge < -0.3 is 14.3 Å². The third-order valence-electron chi connectivity index (χ3n) is 2.97. The molecule has 0 radical (unpaired) electrons. The molecule has 0 aliphatic carbocycles. The van der Waals surface area contributed by atoms with Gasteiger partial charge in [0, 0.05) is 12.7 Å². The Labute approximate surface area is 110 Å². The third-order valence-corrected chi connectivity index (χ3v) is 4.72. The molecule has 1 aliphatic rings. The summed E-state index contributed by atoms with van der Waals surface area (Å²) in [4.78, 5) is 10.6. The van der Waals surface area contributed by atoms with Gasteiger partial charge in [0.15, 0.2) is 0 Å². The normalized spacial score (nSPS) is 23.7. The first kappa shape index (κ1) is 14.0. The topological polar surface area (TPSA) is 106 Å². The molecule has 2 heterocycles. The second-order valence-electron chi connectivity index (χ2n) is 4.80. The summed E-state index contributed by atoms with van der Waals surface area (Å²) in [5, 5.41) is 8.79. The third kappa shape index (κ3) is 2.80. The van der Waals surface area contributed by atoms with Gasteiger partial charge in [0.2, 0.25) is 15.8 Å². The van der Waals surface area contributed by atoms with E-state index in [9.17, 15) is 13.2 Å². The van der Waals surface area contributed by atoms with E-state index >= 15 is 0 Å². The molecule has 1 saturated heterocycles. The lowest BCUT2D eigenvalue weighted by molar-refractivity contribution is 0.0661. The predicted molar refractivity (Wildman–Crippen MR) is 64.6 cm³/mol. The molecule has 1 fully saturated rings. The summed E-state index contributed by atoms with van der Waals surface area (Å²) in [6.07, 6.45) is 0.564. The van der Waals surface area contributed by atoms with Gasteiger partial charge in [-0.3, -0.25) is 0 Å². The Bertz CT molecular complexity index is 597. The number of aryl methyl sites for hydroxylation is 1. The van der Waals surface area contributed by atoms with Crippen molar-refractivity contribution in [3.63, 3.8) is 0 Å². The van der Waals surface area contributed by atoms with Crippen LogP contribution in [0.5, 0.6) is 0 Å². The first-order valence-electron chi connectivity index (χ1n) is 5.69. The molecule has 8 heteroatoms. The average Bonchev–Trinajstić information content (AvgIpc) is 2.84. The van der Waals surface area contributed by atoms with Crippen molar-refractivity contribution in [3.8, 4) is 0 Å². The number of aromatic carboxylic acids is 1. The van der Waals surface area contributed by atoms with Crippen LogP contribution in [0.4, 0.5) is 0 Å². The second-order valence-corrected chi connectivity index (χ2v) is 6.46. The van der Waals surface area contributed by atoms with Gasteiger partial charge in [-0.15, -0.1) is 0 Å². The maximum atomic E-state index is 12.2. The van der Waals surface area contributed by atoms with Crippen LogP contribution in [0.25, 0.3) is 0 Å². The highest BCUT2D eigenvalue weighted by Crippen LogP contribution is 2.24. The molecule has 0 amide bonds. The molecule has 1 atom stereocenters. The molecule has 2 N–H and O–H groups in total. The van der Waals surface area contributed by atoms with E-state index in [1.807, 2.05) is 0 Å². The van der Waals surface area contributed by atoms with E-state index in [2.05, 4.69) is 4.72 Å². The molecular weight excluding hydrogens is 274 g/mol. The Morgan fingerprint density at radius 1 is 1.53 bits per heavy atom. The number of carboxylic acids is 1. The van der Waals surface area contributed by atoms with Crippen LogP contribution in [-0.4, -0.2) is 38.2 Å². The highest BCUT2D eigenvalue weighted by atomic mass is 32.2. The molecule has 1 unspecified atom stereocenters. The summed E-state index contributed by atoms with van der Waals surface area (Å²) in [6.45, 7) is 3.93. The summed E-state index contributed by atoms with van der Waals surface area (Å²) >= 11 is 0. The smallest absolute Gasteiger partial charge is 0.371 e. The van der Waals surface area contributed by atoms with E-state index in [1.54, 1.807) is 6.92 Å². The van der Waals surface area contributed by atoms with Crippen LogP contribution in [0.1, 0.15) is 29.7 Å². The van der Waals surface area contributed by atoms with Crippen molar-refractivity contribution in [2.75, 3.05) is 13.2 Å². The lowest BCUT2D eigenvalue weighted by Gasteiger charge is -2.22. The monoisotopic (exact) mass is 289 g/mol. The van der Waals surface area contributed by atoms with Crippen LogP contribution < -0.4 is 4.72 Å². The van der Waals surface area contributed by atoms with Gasteiger partial charge in [0.05, 0.1) is 12.1 Å². The van der Waals surface area contributed by atoms with E-state index in [0.29, 0.717) is 13.0 Å². The molecule has 106 valence electrons. The van der Waals surface area contributed by atoms with Crippen molar-refractivity contribution in [1.82, 2.24) is 4.72 Å². The molecule has 2 rings (SSSR count). The molecule has 19 heavy (non-hydrogen) atoms. The summed E-state index contributed by atoms with van der Waals surface area (Å²) < 4.78 is 37.1. The fourth-order valence-electron chi connectivity index (χ4n) is 1.96. The number of nitrogens with one attached hydrogen (secondary N) is 1. The number of sulfonamides is 1. The Kier molecular flexibility index (Phi) is 3.41. The fourth-order valence-corrected chi connectivity index (χ4v) is 3.57. The van der Waals surface area contributed by atoms with Crippen LogP contribution in [0, 0.1) is 6.92 Å². The first-order valence-corrected chi connectivity index (χ1v) is 7.17. The van der Waals surface area contributed by atoms with Gasteiger partial charge in [-0.2, -0.15) is 0 Å². The maximum absolute atomic E-state index is 12.2. The molecule has 0 aromatic carbocycles. The first-order chi connectivity index (χ1) is 8.73. The number of ether oxygens (including phenoxy) is 1. The standard InChI is InChI=1S/C11H15NO6S/c1-7-9(5-8(18-7)10(13)14)19(15,16)12-11(2)3-4-17-6-11/h5,12H,3-4,6H2,1-2H3,(H,13,14). The Hall–Kier alpha value is -1.38. The largest absolute Gasteiger partial charge is 0.475 e. The quantitative estimate of drug-likeness (QED) is 0.847. The van der Waals surface area contributed by atoms with Gasteiger partial charge in [0.25, 0.3) is 0 Å². The molecule has 1 aromatic heterocycles. The zero-order valence-corrected chi connectivity index (χ0v) is 11.4. The minimum absolute atomic E-state index is 0.0485. The number of hydrogen-bond acceptors (Lipinski definition) is 5. The van der Waals surface area contributed by atoms with Gasteiger partial charge in [-0.25, -0.2) is 17.9 Å². The zero-order valence-electron chi connectivity index (χ0n) is 10.6. The highest BCUT2D eigenvalue weighted by molar-refractivity contribution is 7.89. The van der Waals surface area contributed by atoms with E-state index in [1.165, 1.54) is 6.92 Å². The van der Waals surface area contributed by atoms with Crippen molar-refractivity contribution in [2.45, 2.75) is 30.7 Å². The van der Waals surface area contributed by atoms with Crippen LogP contribution in [-0.2, 0) is 14.8 Å². The van der Waals surface area contributed by atoms with Gasteiger partial charge >= 0.3 is 5.97 Å². The lowest BCUT2D eigenvalue weighted by atomic mass is 10.0. The summed E-state index contributed by atoms with van der Waals surface area (Å²) in [6, 6.07) is 1.01. The minimum atomic E-state index is -3.83. The fraction of sp³-hybridized carbons (Fsp3) is 0.545. The van der Waals surface area contributed by atoms with Gasteiger partial charge in [0.1, 0.15) is 10.7 Å². The maximum Gasteiger partial charge on any atom is 0.371 e. The van der Waals surface area contributed by atoms with E-state index in [4.69, 9.17) is 14.3 Å². The molecule has 0 saturated carbocycles. The molecular formula is C11H15NO6S. The van der Waals surface area contributed by atoms with Crippen LogP contribution in [0.15, 0.2) is 15.4 Å². The van der Waals surface area contributed by atoms with Crippen LogP contribution in [0.2, 0.25) is 0 Å². The number of rotatable bonds is 4. The minimum Gasteiger partial charge on any atom is -0.475 e. The van der Waals surface area contributed by atoms with Crippen molar-refractivity contribution in [1.29, 1.82) is 0 Å². The van der Waals surface area contributed by atoms with Crippen molar-refractivity contribution >= 4 is 16.0 Å². The van der Waals surface area contributed by atoms with Gasteiger partial charge in [-0.1, -0.05) is 0 Å². The lowest BCUT2D eigenvalue weighted by Crippen LogP contribution is -2.46. The van der Waals surface area contributed by atoms with Crippen LogP contribution in [0.3, 0.4) is 0 Å². The van der Waals surface area contributed by atoms with Crippen molar-refractivity contribution < 1.29 is 27.5 Å². The Morgan fingerprint density at radius 3 is 2.68 bits per heavy atom. The van der Waals surface area contributed by atoms with E-state index < -0.39 is 27.3 Å². The average molecular weight is 289 g/mol. The van der Waals surface area contributed by atoms with Gasteiger partial charge in [-0.05, 0) is 20.3 Å². The zero-order chi connectivity index (χ0) is 14.3.